The highest BCUT2D eigenvalue weighted by molar-refractivity contribution is 4.77. The van der Waals surface area contributed by atoms with Crippen molar-refractivity contribution in [2.75, 3.05) is 52.9 Å². The third-order valence-electron chi connectivity index (χ3n) is 3.66. The molecule has 2 aliphatic heterocycles. The van der Waals surface area contributed by atoms with Crippen molar-refractivity contribution in [3.63, 3.8) is 0 Å². The van der Waals surface area contributed by atoms with Gasteiger partial charge in [-0.05, 0) is 65.0 Å². The van der Waals surface area contributed by atoms with E-state index in [0.717, 1.165) is 5.92 Å². The van der Waals surface area contributed by atoms with E-state index < -0.39 is 0 Å². The number of likely N-dealkylation sites (tertiary alicyclic amines) is 1. The van der Waals surface area contributed by atoms with Gasteiger partial charge in [0, 0.05) is 13.1 Å². The molecular formula is C12H25N3. The van der Waals surface area contributed by atoms with Gasteiger partial charge in [0.1, 0.15) is 0 Å². The summed E-state index contributed by atoms with van der Waals surface area (Å²) in [6, 6.07) is 0. The van der Waals surface area contributed by atoms with E-state index in [9.17, 15) is 0 Å². The van der Waals surface area contributed by atoms with Crippen LogP contribution in [0.1, 0.15) is 19.3 Å². The Kier molecular flexibility index (Phi) is 4.42. The van der Waals surface area contributed by atoms with Crippen molar-refractivity contribution >= 4 is 0 Å². The van der Waals surface area contributed by atoms with Crippen LogP contribution < -0.4 is 5.32 Å². The molecule has 0 aromatic carbocycles. The fourth-order valence-electron chi connectivity index (χ4n) is 2.82. The molecule has 1 N–H and O–H groups in total. The molecule has 1 unspecified atom stereocenters. The summed E-state index contributed by atoms with van der Waals surface area (Å²) in [4.78, 5) is 5.15. The molecule has 2 heterocycles. The highest BCUT2D eigenvalue weighted by Crippen LogP contribution is 2.16. The summed E-state index contributed by atoms with van der Waals surface area (Å²) in [5.74, 6) is 0.933. The van der Waals surface area contributed by atoms with Gasteiger partial charge in [-0.3, -0.25) is 0 Å². The smallest absolute Gasteiger partial charge is 0.00224 e. The van der Waals surface area contributed by atoms with E-state index in [2.05, 4.69) is 22.2 Å². The minimum Gasteiger partial charge on any atom is -0.317 e. The highest BCUT2D eigenvalue weighted by Gasteiger charge is 2.21. The zero-order valence-corrected chi connectivity index (χ0v) is 10.0. The van der Waals surface area contributed by atoms with E-state index in [-0.39, 0.29) is 0 Å². The van der Waals surface area contributed by atoms with Crippen LogP contribution in [0.2, 0.25) is 0 Å². The summed E-state index contributed by atoms with van der Waals surface area (Å²) in [5, 5.41) is 3.47. The predicted octanol–water partition coefficient (Wildman–Crippen LogP) is 0.623. The molecule has 15 heavy (non-hydrogen) atoms. The average molecular weight is 211 g/mol. The summed E-state index contributed by atoms with van der Waals surface area (Å²) in [6.07, 6.45) is 4.05. The van der Waals surface area contributed by atoms with Gasteiger partial charge in [0.05, 0.1) is 0 Å². The van der Waals surface area contributed by atoms with Crippen LogP contribution in [-0.2, 0) is 0 Å². The van der Waals surface area contributed by atoms with E-state index in [0.29, 0.717) is 0 Å². The van der Waals surface area contributed by atoms with Gasteiger partial charge in [-0.2, -0.15) is 0 Å². The van der Waals surface area contributed by atoms with Crippen LogP contribution in [0.5, 0.6) is 0 Å². The van der Waals surface area contributed by atoms with Crippen LogP contribution in [0.4, 0.5) is 0 Å². The Morgan fingerprint density at radius 3 is 2.47 bits per heavy atom. The predicted molar refractivity (Wildman–Crippen MR) is 64.1 cm³/mol. The molecule has 2 fully saturated rings. The summed E-state index contributed by atoms with van der Waals surface area (Å²) in [6.45, 7) is 8.97. The summed E-state index contributed by atoms with van der Waals surface area (Å²) in [5.41, 5.74) is 0. The van der Waals surface area contributed by atoms with Gasteiger partial charge in [0.15, 0.2) is 0 Å². The Balaban J connectivity index is 1.71. The molecule has 2 rings (SSSR count). The van der Waals surface area contributed by atoms with Crippen molar-refractivity contribution in [1.29, 1.82) is 0 Å². The second-order valence-electron chi connectivity index (χ2n) is 5.17. The molecule has 88 valence electrons. The summed E-state index contributed by atoms with van der Waals surface area (Å²) < 4.78 is 0. The van der Waals surface area contributed by atoms with Crippen molar-refractivity contribution in [1.82, 2.24) is 15.1 Å². The maximum atomic E-state index is 3.47. The molecule has 0 spiro atoms. The highest BCUT2D eigenvalue weighted by atomic mass is 15.2. The van der Waals surface area contributed by atoms with E-state index in [4.69, 9.17) is 0 Å². The normalized spacial score (nSPS) is 31.4. The van der Waals surface area contributed by atoms with Crippen molar-refractivity contribution in [2.45, 2.75) is 19.3 Å². The van der Waals surface area contributed by atoms with Crippen LogP contribution >= 0.6 is 0 Å². The van der Waals surface area contributed by atoms with E-state index >= 15 is 0 Å². The van der Waals surface area contributed by atoms with Crippen molar-refractivity contribution in [3.8, 4) is 0 Å². The molecule has 0 aromatic rings. The first kappa shape index (κ1) is 11.4. The molecule has 0 aliphatic carbocycles. The first-order valence-corrected chi connectivity index (χ1v) is 6.46. The van der Waals surface area contributed by atoms with Gasteiger partial charge in [-0.1, -0.05) is 0 Å². The van der Waals surface area contributed by atoms with Gasteiger partial charge >= 0.3 is 0 Å². The lowest BCUT2D eigenvalue weighted by atomic mass is 10.1. The van der Waals surface area contributed by atoms with Gasteiger partial charge in [0.25, 0.3) is 0 Å². The monoisotopic (exact) mass is 211 g/mol. The molecule has 2 saturated heterocycles. The third kappa shape index (κ3) is 3.74. The van der Waals surface area contributed by atoms with Crippen LogP contribution in [0.3, 0.4) is 0 Å². The first-order valence-electron chi connectivity index (χ1n) is 6.46. The maximum absolute atomic E-state index is 3.47. The molecule has 0 amide bonds. The molecule has 3 heteroatoms. The first-order chi connectivity index (χ1) is 7.34. The van der Waals surface area contributed by atoms with Gasteiger partial charge in [-0.15, -0.1) is 0 Å². The minimum atomic E-state index is 0.933. The van der Waals surface area contributed by atoms with Crippen LogP contribution in [0, 0.1) is 5.92 Å². The van der Waals surface area contributed by atoms with Gasteiger partial charge in [-0.25, -0.2) is 0 Å². The molecule has 0 radical (unpaired) electrons. The lowest BCUT2D eigenvalue weighted by Crippen LogP contribution is -2.37. The van der Waals surface area contributed by atoms with Crippen LogP contribution in [0.25, 0.3) is 0 Å². The van der Waals surface area contributed by atoms with E-state index in [1.54, 1.807) is 0 Å². The van der Waals surface area contributed by atoms with E-state index in [1.165, 1.54) is 65.1 Å². The Morgan fingerprint density at radius 1 is 1.13 bits per heavy atom. The largest absolute Gasteiger partial charge is 0.317 e. The third-order valence-corrected chi connectivity index (χ3v) is 3.66. The van der Waals surface area contributed by atoms with Crippen LogP contribution in [-0.4, -0.2) is 62.7 Å². The lowest BCUT2D eigenvalue weighted by molar-refractivity contribution is 0.215. The number of rotatable bonds is 2. The Labute approximate surface area is 93.8 Å². The Bertz CT molecular complexity index is 176. The standard InChI is InChI=1S/C12H25N3/c1-14-9-4-12(10-14)11-15-7-2-5-13-6-3-8-15/h12-13H,2-11H2,1H3. The molecule has 2 aliphatic rings. The molecule has 3 nitrogen and oxygen atoms in total. The SMILES string of the molecule is CN1CCC(CN2CCCNCCC2)C1. The molecular weight excluding hydrogens is 186 g/mol. The minimum absolute atomic E-state index is 0.933. The Morgan fingerprint density at radius 2 is 1.87 bits per heavy atom. The molecule has 0 bridgehead atoms. The van der Waals surface area contributed by atoms with Crippen molar-refractivity contribution in [2.24, 2.45) is 5.92 Å². The van der Waals surface area contributed by atoms with E-state index in [1.807, 2.05) is 0 Å². The van der Waals surface area contributed by atoms with Gasteiger partial charge < -0.3 is 15.1 Å². The Hall–Kier alpha value is -0.120. The molecule has 0 saturated carbocycles. The second kappa shape index (κ2) is 5.83. The lowest BCUT2D eigenvalue weighted by Gasteiger charge is -2.27. The number of nitrogens with one attached hydrogen (secondary N) is 1. The number of nitrogens with zero attached hydrogens (tertiary/aromatic N) is 2. The van der Waals surface area contributed by atoms with Crippen LogP contribution in [0.15, 0.2) is 0 Å². The molecule has 1 atom stereocenters. The average Bonchev–Trinajstić information content (AvgIpc) is 2.56. The number of hydrogen-bond acceptors (Lipinski definition) is 3. The zero-order chi connectivity index (χ0) is 10.5. The number of hydrogen-bond donors (Lipinski definition) is 1. The summed E-state index contributed by atoms with van der Waals surface area (Å²) in [7, 11) is 2.25. The fraction of sp³-hybridized carbons (Fsp3) is 1.00. The quantitative estimate of drug-likeness (QED) is 0.722. The molecule has 0 aromatic heterocycles. The van der Waals surface area contributed by atoms with Gasteiger partial charge in [0.2, 0.25) is 0 Å². The topological polar surface area (TPSA) is 18.5 Å². The summed E-state index contributed by atoms with van der Waals surface area (Å²) >= 11 is 0. The fourth-order valence-corrected chi connectivity index (χ4v) is 2.82. The second-order valence-corrected chi connectivity index (χ2v) is 5.17. The van der Waals surface area contributed by atoms with Crippen molar-refractivity contribution < 1.29 is 0 Å². The zero-order valence-electron chi connectivity index (χ0n) is 10.0. The maximum Gasteiger partial charge on any atom is 0.00224 e. The van der Waals surface area contributed by atoms with Crippen molar-refractivity contribution in [3.05, 3.63) is 0 Å².